The van der Waals surface area contributed by atoms with Gasteiger partial charge >= 0.3 is 46.0 Å². The molecule has 23 heteroatoms. The normalized spacial score (nSPS) is 14.5. The lowest BCUT2D eigenvalue weighted by Gasteiger charge is -2.46. The minimum Gasteiger partial charge on any atom is -0.340 e. The van der Waals surface area contributed by atoms with E-state index in [4.69, 9.17) is 0 Å². The second-order valence-electron chi connectivity index (χ2n) is 10.3. The molecule has 0 unspecified atom stereocenters. The van der Waals surface area contributed by atoms with Gasteiger partial charge in [-0.3, -0.25) is 4.98 Å². The molecular formula is C28H19F18NO3Si. The summed E-state index contributed by atoms with van der Waals surface area (Å²) in [4.78, 5) is 1.33. The number of hydrogen-bond donors (Lipinski definition) is 1. The molecule has 4 nitrogen and oxygen atoms in total. The van der Waals surface area contributed by atoms with Crippen molar-refractivity contribution in [3.05, 3.63) is 108 Å². The topological polar surface area (TPSA) is 39.7 Å². The standard InChI is InChI=1S/C28H19F18NO3Si/c29-23(30,31)19(24(32,33)34)48-51(49-20(25(35,36)37)26(38,39)40,50-21(27(41,42)43)28(44,45)46)47-22(16-10-4-1-5-11-16,17-12-6-2-7-13-17)18-14-8-3-9-15-18/h1-15,19-21,47H. The van der Waals surface area contributed by atoms with E-state index in [0.29, 0.717) is 0 Å². The van der Waals surface area contributed by atoms with Crippen molar-refractivity contribution in [3.8, 4) is 0 Å². The van der Waals surface area contributed by atoms with Gasteiger partial charge in [-0.25, -0.2) is 0 Å². The number of nitrogens with one attached hydrogen (secondary N) is 1. The quantitative estimate of drug-likeness (QED) is 0.120. The summed E-state index contributed by atoms with van der Waals surface area (Å²) in [5.74, 6) is 0. The molecule has 0 fully saturated rings. The Labute approximate surface area is 275 Å². The Morgan fingerprint density at radius 2 is 0.549 bits per heavy atom. The van der Waals surface area contributed by atoms with Crippen molar-refractivity contribution in [2.75, 3.05) is 0 Å². The van der Waals surface area contributed by atoms with Crippen molar-refractivity contribution >= 4 is 8.97 Å². The Morgan fingerprint density at radius 1 is 0.353 bits per heavy atom. The third-order valence-corrected chi connectivity index (χ3v) is 8.88. The summed E-state index contributed by atoms with van der Waals surface area (Å²) >= 11 is 0. The minimum atomic E-state index is -8.40. The van der Waals surface area contributed by atoms with Gasteiger partial charge in [0, 0.05) is 0 Å². The Kier molecular flexibility index (Phi) is 11.9. The summed E-state index contributed by atoms with van der Waals surface area (Å²) in [7, 11) is -8.40. The molecule has 284 valence electrons. The Hall–Kier alpha value is -3.54. The second-order valence-corrected chi connectivity index (χ2v) is 12.3. The highest BCUT2D eigenvalue weighted by molar-refractivity contribution is 6.58. The molecule has 1 N–H and O–H groups in total. The van der Waals surface area contributed by atoms with Crippen LogP contribution in [0.3, 0.4) is 0 Å². The van der Waals surface area contributed by atoms with Gasteiger partial charge < -0.3 is 13.3 Å². The Morgan fingerprint density at radius 3 is 0.725 bits per heavy atom. The van der Waals surface area contributed by atoms with Crippen molar-refractivity contribution < 1.29 is 92.3 Å². The molecule has 0 amide bonds. The highest BCUT2D eigenvalue weighted by Gasteiger charge is 2.72. The van der Waals surface area contributed by atoms with E-state index < -0.39 is 86.6 Å². The molecule has 0 bridgehead atoms. The summed E-state index contributed by atoms with van der Waals surface area (Å²) in [5, 5.41) is 0. The third kappa shape index (κ3) is 10.1. The van der Waals surface area contributed by atoms with Crippen LogP contribution in [-0.2, 0) is 18.8 Å². The fraction of sp³-hybridized carbons (Fsp3) is 0.357. The van der Waals surface area contributed by atoms with Gasteiger partial charge in [0.1, 0.15) is 0 Å². The molecule has 3 rings (SSSR count). The van der Waals surface area contributed by atoms with Crippen molar-refractivity contribution in [2.45, 2.75) is 60.9 Å². The number of hydrogen-bond acceptors (Lipinski definition) is 4. The first-order valence-electron chi connectivity index (χ1n) is 13.4. The minimum absolute atomic E-state index is 0.600. The van der Waals surface area contributed by atoms with Crippen LogP contribution in [0.4, 0.5) is 79.0 Å². The first kappa shape index (κ1) is 41.9. The summed E-state index contributed by atoms with van der Waals surface area (Å²) < 4.78 is 261. The van der Waals surface area contributed by atoms with E-state index in [9.17, 15) is 79.0 Å². The molecule has 0 aliphatic heterocycles. The third-order valence-electron chi connectivity index (χ3n) is 6.56. The summed E-state index contributed by atoms with van der Waals surface area (Å²) in [6, 6.07) is 15.1. The van der Waals surface area contributed by atoms with Crippen LogP contribution < -0.4 is 4.98 Å². The maximum absolute atomic E-state index is 13.9. The molecule has 3 aromatic rings. The maximum Gasteiger partial charge on any atom is 0.600 e. The molecule has 0 saturated heterocycles. The molecule has 0 spiro atoms. The lowest BCUT2D eigenvalue weighted by Crippen LogP contribution is -2.74. The maximum atomic E-state index is 13.9. The Bertz CT molecular complexity index is 1320. The molecule has 0 saturated carbocycles. The zero-order chi connectivity index (χ0) is 38.9. The van der Waals surface area contributed by atoms with E-state index >= 15 is 0 Å². The molecule has 0 atom stereocenters. The van der Waals surface area contributed by atoms with Crippen LogP contribution in [0, 0.1) is 0 Å². The Balaban J connectivity index is 2.66. The van der Waals surface area contributed by atoms with Crippen molar-refractivity contribution in [2.24, 2.45) is 0 Å². The van der Waals surface area contributed by atoms with Gasteiger partial charge in [0.05, 0.1) is 5.54 Å². The van der Waals surface area contributed by atoms with Crippen molar-refractivity contribution in [1.82, 2.24) is 4.98 Å². The average Bonchev–Trinajstić information content (AvgIpc) is 2.98. The SMILES string of the molecule is FC(F)(F)C(O[Si](NC(c1ccccc1)(c1ccccc1)c1ccccc1)(OC(C(F)(F)F)C(F)(F)F)OC(C(F)(F)F)C(F)(F)F)C(F)(F)F. The van der Waals surface area contributed by atoms with E-state index in [1.54, 1.807) is 0 Å². The smallest absolute Gasteiger partial charge is 0.340 e. The first-order chi connectivity index (χ1) is 23.0. The van der Waals surface area contributed by atoms with Gasteiger partial charge in [-0.05, 0) is 16.7 Å². The summed E-state index contributed by atoms with van der Waals surface area (Å²) in [5.41, 5.74) is -4.90. The fourth-order valence-corrected chi connectivity index (χ4v) is 7.57. The summed E-state index contributed by atoms with van der Waals surface area (Å²) in [6.45, 7) is 0. The van der Waals surface area contributed by atoms with E-state index in [2.05, 4.69) is 13.3 Å². The van der Waals surface area contributed by atoms with Gasteiger partial charge in [0.2, 0.25) is 18.3 Å². The number of alkyl halides is 18. The van der Waals surface area contributed by atoms with Gasteiger partial charge in [-0.15, -0.1) is 0 Å². The predicted octanol–water partition coefficient (Wildman–Crippen LogP) is 9.53. The number of benzene rings is 3. The molecule has 0 aliphatic rings. The second kappa shape index (κ2) is 14.5. The molecule has 51 heavy (non-hydrogen) atoms. The molecule has 3 aromatic carbocycles. The van der Waals surface area contributed by atoms with Gasteiger partial charge in [0.15, 0.2) is 0 Å². The molecular weight excluding hydrogens is 768 g/mol. The van der Waals surface area contributed by atoms with Crippen LogP contribution in [0.2, 0.25) is 0 Å². The fourth-order valence-electron chi connectivity index (χ4n) is 4.61. The lowest BCUT2D eigenvalue weighted by atomic mass is 9.78. The average molecular weight is 788 g/mol. The number of halogens is 18. The highest BCUT2D eigenvalue weighted by atomic mass is 28.4. The van der Waals surface area contributed by atoms with Crippen LogP contribution in [-0.4, -0.2) is 64.3 Å². The van der Waals surface area contributed by atoms with Crippen molar-refractivity contribution in [3.63, 3.8) is 0 Å². The van der Waals surface area contributed by atoms with Crippen LogP contribution in [0.25, 0.3) is 0 Å². The van der Waals surface area contributed by atoms with Crippen LogP contribution in [0.15, 0.2) is 91.0 Å². The highest BCUT2D eigenvalue weighted by Crippen LogP contribution is 2.47. The van der Waals surface area contributed by atoms with Crippen LogP contribution in [0.1, 0.15) is 16.7 Å². The van der Waals surface area contributed by atoms with E-state index in [1.807, 2.05) is 0 Å². The van der Waals surface area contributed by atoms with Gasteiger partial charge in [-0.1, -0.05) is 91.0 Å². The largest absolute Gasteiger partial charge is 0.600 e. The van der Waals surface area contributed by atoms with Crippen molar-refractivity contribution in [1.29, 1.82) is 0 Å². The first-order valence-corrected chi connectivity index (χ1v) is 15.2. The molecule has 0 heterocycles. The van der Waals surface area contributed by atoms with Crippen LogP contribution in [0.5, 0.6) is 0 Å². The van der Waals surface area contributed by atoms with Gasteiger partial charge in [0.25, 0.3) is 0 Å². The monoisotopic (exact) mass is 787 g/mol. The van der Waals surface area contributed by atoms with E-state index in [0.717, 1.165) is 72.8 Å². The van der Waals surface area contributed by atoms with Crippen LogP contribution >= 0.6 is 0 Å². The van der Waals surface area contributed by atoms with E-state index in [1.165, 1.54) is 23.2 Å². The molecule has 0 aliphatic carbocycles. The molecule has 0 radical (unpaired) electrons. The summed E-state index contributed by atoms with van der Waals surface area (Å²) in [6.07, 6.45) is -59.0. The lowest BCUT2D eigenvalue weighted by molar-refractivity contribution is -0.345. The predicted molar refractivity (Wildman–Crippen MR) is 139 cm³/mol. The zero-order valence-corrected chi connectivity index (χ0v) is 25.4. The zero-order valence-electron chi connectivity index (χ0n) is 24.4. The van der Waals surface area contributed by atoms with Gasteiger partial charge in [-0.2, -0.15) is 79.0 Å². The number of rotatable bonds is 11. The molecule has 0 aromatic heterocycles. The van der Waals surface area contributed by atoms with E-state index in [-0.39, 0.29) is 0 Å².